The van der Waals surface area contributed by atoms with Crippen molar-refractivity contribution < 1.29 is 13.6 Å². The van der Waals surface area contributed by atoms with Gasteiger partial charge in [0.25, 0.3) is 0 Å². The monoisotopic (exact) mass is 258 g/mol. The molecule has 4 heteroatoms. The summed E-state index contributed by atoms with van der Waals surface area (Å²) in [4.78, 5) is 0. The van der Waals surface area contributed by atoms with Crippen LogP contribution < -0.4 is 0 Å². The van der Waals surface area contributed by atoms with Crippen LogP contribution in [0.5, 0.6) is 0 Å². The fourth-order valence-corrected chi connectivity index (χ4v) is 4.80. The van der Waals surface area contributed by atoms with Gasteiger partial charge in [-0.1, -0.05) is 19.8 Å². The zero-order valence-corrected chi connectivity index (χ0v) is 12.5. The first-order chi connectivity index (χ1) is 8.24. The number of hydrogen-bond donors (Lipinski definition) is 0. The van der Waals surface area contributed by atoms with Crippen molar-refractivity contribution in [3.8, 4) is 0 Å². The molecule has 1 heterocycles. The van der Waals surface area contributed by atoms with Crippen LogP contribution in [0.3, 0.4) is 0 Å². The Labute approximate surface area is 107 Å². The van der Waals surface area contributed by atoms with Crippen molar-refractivity contribution in [3.63, 3.8) is 0 Å². The first-order valence-corrected chi connectivity index (χ1v) is 8.56. The molecule has 0 radical (unpaired) electrons. The molecule has 1 saturated carbocycles. The molecular weight excluding hydrogens is 232 g/mol. The van der Waals surface area contributed by atoms with Gasteiger partial charge in [0.1, 0.15) is 0 Å². The highest BCUT2D eigenvalue weighted by molar-refractivity contribution is 6.46. The average molecular weight is 258 g/mol. The molecule has 1 aliphatic heterocycles. The van der Waals surface area contributed by atoms with E-state index >= 15 is 0 Å². The molecule has 0 aromatic rings. The maximum atomic E-state index is 5.58. The van der Waals surface area contributed by atoms with Crippen molar-refractivity contribution in [2.24, 2.45) is 5.92 Å². The van der Waals surface area contributed by atoms with Gasteiger partial charge >= 0.3 is 9.28 Å². The van der Waals surface area contributed by atoms with E-state index in [-0.39, 0.29) is 0 Å². The van der Waals surface area contributed by atoms with Crippen LogP contribution in [-0.4, -0.2) is 35.7 Å². The second-order valence-corrected chi connectivity index (χ2v) is 8.46. The molecule has 2 rings (SSSR count). The van der Waals surface area contributed by atoms with Gasteiger partial charge in [-0.25, -0.2) is 0 Å². The average Bonchev–Trinajstić information content (AvgIpc) is 3.09. The Kier molecular flexibility index (Phi) is 5.03. The summed E-state index contributed by atoms with van der Waals surface area (Å²) in [6.45, 7) is 2.27. The van der Waals surface area contributed by atoms with Crippen LogP contribution in [-0.2, 0) is 13.6 Å². The van der Waals surface area contributed by atoms with E-state index in [4.69, 9.17) is 13.6 Å². The lowest BCUT2D eigenvalue weighted by atomic mass is 9.86. The maximum absolute atomic E-state index is 5.58. The molecule has 17 heavy (non-hydrogen) atoms. The Hall–Kier alpha value is 0.0969. The summed E-state index contributed by atoms with van der Waals surface area (Å²) in [5.41, 5.74) is 0.624. The van der Waals surface area contributed by atoms with E-state index < -0.39 is 9.28 Å². The minimum atomic E-state index is -1.39. The van der Waals surface area contributed by atoms with Gasteiger partial charge in [-0.15, -0.1) is 0 Å². The SMILES string of the molecule is CO[SiH](OC)C(C)CCCC1CCC2OC2C1. The minimum Gasteiger partial charge on any atom is -0.400 e. The van der Waals surface area contributed by atoms with Crippen LogP contribution in [0.15, 0.2) is 0 Å². The summed E-state index contributed by atoms with van der Waals surface area (Å²) in [6.07, 6.45) is 9.21. The highest BCUT2D eigenvalue weighted by Crippen LogP contribution is 2.41. The number of hydrogen-bond acceptors (Lipinski definition) is 3. The predicted octanol–water partition coefficient (Wildman–Crippen LogP) is 2.63. The lowest BCUT2D eigenvalue weighted by Gasteiger charge is -2.21. The van der Waals surface area contributed by atoms with E-state index in [1.54, 1.807) is 14.2 Å². The molecule has 0 aromatic carbocycles. The van der Waals surface area contributed by atoms with E-state index in [2.05, 4.69) is 6.92 Å². The second-order valence-electron chi connectivity index (χ2n) is 5.64. The van der Waals surface area contributed by atoms with Crippen molar-refractivity contribution >= 4 is 9.28 Å². The van der Waals surface area contributed by atoms with Gasteiger partial charge < -0.3 is 13.6 Å². The Balaban J connectivity index is 1.58. The first kappa shape index (κ1) is 13.5. The van der Waals surface area contributed by atoms with Crippen molar-refractivity contribution in [3.05, 3.63) is 0 Å². The second kappa shape index (κ2) is 6.32. The molecule has 0 spiro atoms. The zero-order valence-electron chi connectivity index (χ0n) is 11.4. The van der Waals surface area contributed by atoms with Gasteiger partial charge in [-0.05, 0) is 37.1 Å². The molecule has 1 aliphatic carbocycles. The van der Waals surface area contributed by atoms with E-state index in [0.717, 1.165) is 5.92 Å². The van der Waals surface area contributed by atoms with Gasteiger partial charge in [-0.3, -0.25) is 0 Å². The molecule has 100 valence electrons. The van der Waals surface area contributed by atoms with Gasteiger partial charge in [0, 0.05) is 14.2 Å². The summed E-state index contributed by atoms with van der Waals surface area (Å²) in [5, 5.41) is 0. The fraction of sp³-hybridized carbons (Fsp3) is 1.00. The fourth-order valence-electron chi connectivity index (χ4n) is 3.17. The maximum Gasteiger partial charge on any atom is 0.323 e. The molecule has 0 N–H and O–H groups in total. The summed E-state index contributed by atoms with van der Waals surface area (Å²) in [5.74, 6) is 0.913. The third-order valence-electron chi connectivity index (χ3n) is 4.31. The van der Waals surface area contributed by atoms with Crippen LogP contribution in [0.1, 0.15) is 45.4 Å². The van der Waals surface area contributed by atoms with Crippen LogP contribution in [0.25, 0.3) is 0 Å². The smallest absolute Gasteiger partial charge is 0.323 e. The molecule has 3 nitrogen and oxygen atoms in total. The summed E-state index contributed by atoms with van der Waals surface area (Å²) in [6, 6.07) is 0. The predicted molar refractivity (Wildman–Crippen MR) is 70.4 cm³/mol. The summed E-state index contributed by atoms with van der Waals surface area (Å²) in [7, 11) is 2.17. The van der Waals surface area contributed by atoms with Gasteiger partial charge in [-0.2, -0.15) is 0 Å². The van der Waals surface area contributed by atoms with E-state index in [1.807, 2.05) is 0 Å². The van der Waals surface area contributed by atoms with E-state index in [1.165, 1.54) is 38.5 Å². The molecule has 1 saturated heterocycles. The lowest BCUT2D eigenvalue weighted by Crippen LogP contribution is -2.24. The minimum absolute atomic E-state index is 0.624. The van der Waals surface area contributed by atoms with Crippen LogP contribution >= 0.6 is 0 Å². The van der Waals surface area contributed by atoms with Gasteiger partial charge in [0.15, 0.2) is 0 Å². The largest absolute Gasteiger partial charge is 0.400 e. The normalized spacial score (nSPS) is 33.5. The summed E-state index contributed by atoms with van der Waals surface area (Å²) >= 11 is 0. The van der Waals surface area contributed by atoms with E-state index in [0.29, 0.717) is 17.7 Å². The Morgan fingerprint density at radius 2 is 2.00 bits per heavy atom. The van der Waals surface area contributed by atoms with Crippen molar-refractivity contribution in [2.45, 2.75) is 63.2 Å². The summed E-state index contributed by atoms with van der Waals surface area (Å²) < 4.78 is 16.4. The first-order valence-electron chi connectivity index (χ1n) is 6.95. The number of fused-ring (bicyclic) bond motifs is 1. The highest BCUT2D eigenvalue weighted by Gasteiger charge is 2.43. The van der Waals surface area contributed by atoms with Crippen molar-refractivity contribution in [1.82, 2.24) is 0 Å². The molecule has 0 aromatic heterocycles. The topological polar surface area (TPSA) is 31.0 Å². The highest BCUT2D eigenvalue weighted by atomic mass is 28.3. The quantitative estimate of drug-likeness (QED) is 0.519. The van der Waals surface area contributed by atoms with E-state index in [9.17, 15) is 0 Å². The molecule has 0 amide bonds. The van der Waals surface area contributed by atoms with Gasteiger partial charge in [0.2, 0.25) is 0 Å². The Morgan fingerprint density at radius 3 is 2.65 bits per heavy atom. The van der Waals surface area contributed by atoms with Crippen LogP contribution in [0, 0.1) is 5.92 Å². The molecule has 2 aliphatic rings. The lowest BCUT2D eigenvalue weighted by molar-refractivity contribution is 0.262. The third kappa shape index (κ3) is 3.78. The molecule has 0 bridgehead atoms. The number of ether oxygens (including phenoxy) is 1. The van der Waals surface area contributed by atoms with Gasteiger partial charge in [0.05, 0.1) is 12.2 Å². The number of rotatable bonds is 7. The molecular formula is C13H26O3Si. The Morgan fingerprint density at radius 1 is 1.24 bits per heavy atom. The Bertz CT molecular complexity index is 231. The van der Waals surface area contributed by atoms with Crippen LogP contribution in [0.4, 0.5) is 0 Å². The zero-order chi connectivity index (χ0) is 12.3. The number of epoxide rings is 1. The van der Waals surface area contributed by atoms with Crippen LogP contribution in [0.2, 0.25) is 5.54 Å². The molecule has 4 atom stereocenters. The standard InChI is InChI=1S/C13H26O3Si/c1-10(17(14-2)15-3)5-4-6-11-7-8-12-13(9-11)16-12/h10-13,17H,4-9H2,1-3H3. The third-order valence-corrected chi connectivity index (χ3v) is 6.51. The molecule has 2 fully saturated rings. The molecule has 4 unspecified atom stereocenters. The van der Waals surface area contributed by atoms with Crippen molar-refractivity contribution in [2.75, 3.05) is 14.2 Å². The van der Waals surface area contributed by atoms with Crippen molar-refractivity contribution in [1.29, 1.82) is 0 Å².